The molecule has 0 amide bonds. The normalized spacial score (nSPS) is 18.1. The maximum absolute atomic E-state index is 15.6. The molecular weight excluding hydrogens is 1140 g/mol. The van der Waals surface area contributed by atoms with Gasteiger partial charge in [0.05, 0.1) is 114 Å². The van der Waals surface area contributed by atoms with Crippen molar-refractivity contribution in [1.29, 1.82) is 0 Å². The molecule has 2 aliphatic carbocycles. The molecule has 84 heavy (non-hydrogen) atoms. The summed E-state index contributed by atoms with van der Waals surface area (Å²) in [4.78, 5) is 17.9. The predicted molar refractivity (Wildman–Crippen MR) is 302 cm³/mol. The van der Waals surface area contributed by atoms with Gasteiger partial charge in [-0.3, -0.25) is 19.9 Å². The van der Waals surface area contributed by atoms with Gasteiger partial charge in [0.25, 0.3) is 0 Å². The Labute approximate surface area is 487 Å². The van der Waals surface area contributed by atoms with Crippen LogP contribution in [0.15, 0.2) is 95.2 Å². The summed E-state index contributed by atoms with van der Waals surface area (Å²) in [6.07, 6.45) is 6.31. The molecule has 2 atom stereocenters. The van der Waals surface area contributed by atoms with Crippen molar-refractivity contribution in [1.82, 2.24) is 59.1 Å². The van der Waals surface area contributed by atoms with Crippen molar-refractivity contribution in [2.75, 3.05) is 26.7 Å². The molecule has 0 bridgehead atoms. The highest BCUT2D eigenvalue weighted by molar-refractivity contribution is 7.91. The highest BCUT2D eigenvalue weighted by Crippen LogP contribution is 2.50. The Balaban J connectivity index is 0.000000185. The molecule has 0 spiro atoms. The van der Waals surface area contributed by atoms with Crippen LogP contribution >= 0.6 is 0 Å². The molecule has 440 valence electrons. The average Bonchev–Trinajstić information content (AvgIpc) is 1.57. The number of ether oxygens (including phenoxy) is 2. The summed E-state index contributed by atoms with van der Waals surface area (Å²) in [5, 5.41) is 16.3. The van der Waals surface area contributed by atoms with Crippen LogP contribution in [-0.4, -0.2) is 114 Å². The fourth-order valence-electron chi connectivity index (χ4n) is 12.0. The number of halogens is 6. The minimum Gasteiger partial charge on any atom is -0.496 e. The van der Waals surface area contributed by atoms with Crippen molar-refractivity contribution in [3.63, 3.8) is 0 Å². The molecule has 0 N–H and O–H groups in total. The number of benzene rings is 2. The van der Waals surface area contributed by atoms with Crippen LogP contribution in [0.25, 0.3) is 66.4 Å². The highest BCUT2D eigenvalue weighted by Gasteiger charge is 2.43. The molecule has 8 heterocycles. The summed E-state index contributed by atoms with van der Waals surface area (Å²) in [6, 6.07) is 12.3. The van der Waals surface area contributed by atoms with Crippen LogP contribution < -0.4 is 9.47 Å². The SMILES string of the molecule is [2H]C([2H])([2H])c1nnn(C)c1-c1cnc2c3c(OC)cc(S(C)(=O)=O)cc3n(C(c3ncccc3F)C3CCC(F)(F)CC3)c2c1.[2H]C([2H])([2H])c1nnn(C)c1-c1cnc2c3c(OC)cc(S(C)(=O)=O)cc3n(C(c3ncccc3F)C3CCC(F)(F)CC3)c2c1. The van der Waals surface area contributed by atoms with Gasteiger partial charge in [0, 0.05) is 96.4 Å². The van der Waals surface area contributed by atoms with E-state index in [1.165, 1.54) is 111 Å². The van der Waals surface area contributed by atoms with E-state index in [1.54, 1.807) is 21.3 Å². The first-order valence-electron chi connectivity index (χ1n) is 29.4. The van der Waals surface area contributed by atoms with Gasteiger partial charge in [0.15, 0.2) is 19.7 Å². The summed E-state index contributed by atoms with van der Waals surface area (Å²) in [6.45, 7) is -5.21. The molecule has 10 aromatic rings. The number of pyridine rings is 4. The van der Waals surface area contributed by atoms with Crippen molar-refractivity contribution in [3.05, 3.63) is 120 Å². The zero-order valence-corrected chi connectivity index (χ0v) is 47.6. The lowest BCUT2D eigenvalue weighted by molar-refractivity contribution is -0.0501. The number of methoxy groups -OCH3 is 2. The summed E-state index contributed by atoms with van der Waals surface area (Å²) >= 11 is 0. The minimum absolute atomic E-state index is 0.00831. The number of nitrogens with zero attached hydrogens (tertiary/aromatic N) is 12. The molecular formula is C58H58F6N12O6S2. The van der Waals surface area contributed by atoms with Crippen LogP contribution in [0.3, 0.4) is 0 Å². The molecule has 0 saturated heterocycles. The Morgan fingerprint density at radius 2 is 0.964 bits per heavy atom. The van der Waals surface area contributed by atoms with Crippen LogP contribution in [0.2, 0.25) is 0 Å². The van der Waals surface area contributed by atoms with Gasteiger partial charge in [-0.25, -0.2) is 52.5 Å². The Kier molecular flexibility index (Phi) is 13.0. The molecule has 0 aliphatic heterocycles. The number of aromatic nitrogens is 12. The van der Waals surface area contributed by atoms with E-state index in [0.29, 0.717) is 55.0 Å². The highest BCUT2D eigenvalue weighted by atomic mass is 32.2. The first-order chi connectivity index (χ1) is 42.2. The van der Waals surface area contributed by atoms with Crippen molar-refractivity contribution in [2.45, 2.75) is 98.8 Å². The van der Waals surface area contributed by atoms with E-state index in [-0.39, 0.29) is 81.1 Å². The molecule has 2 unspecified atom stereocenters. The second-order valence-electron chi connectivity index (χ2n) is 21.3. The van der Waals surface area contributed by atoms with Gasteiger partial charge in [-0.05, 0) is 112 Å². The summed E-state index contributed by atoms with van der Waals surface area (Å²) in [5.41, 5.74) is 2.47. The van der Waals surface area contributed by atoms with E-state index in [0.717, 1.165) is 12.5 Å². The van der Waals surface area contributed by atoms with Crippen molar-refractivity contribution >= 4 is 63.5 Å². The van der Waals surface area contributed by atoms with E-state index in [4.69, 9.17) is 17.7 Å². The topological polar surface area (TPSA) is 210 Å². The minimum atomic E-state index is -3.78. The number of alkyl halides is 4. The van der Waals surface area contributed by atoms with E-state index >= 15 is 8.78 Å². The van der Waals surface area contributed by atoms with E-state index in [9.17, 15) is 34.4 Å². The van der Waals surface area contributed by atoms with E-state index in [2.05, 4.69) is 40.6 Å². The molecule has 2 saturated carbocycles. The quantitative estimate of drug-likeness (QED) is 0.104. The average molecular weight is 1200 g/mol. The summed E-state index contributed by atoms with van der Waals surface area (Å²) in [5.74, 6) is -7.76. The van der Waals surface area contributed by atoms with Crippen LogP contribution in [0.5, 0.6) is 11.5 Å². The lowest BCUT2D eigenvalue weighted by Gasteiger charge is -2.35. The Hall–Kier alpha value is -8.00. The van der Waals surface area contributed by atoms with Crippen LogP contribution in [0.4, 0.5) is 26.3 Å². The Morgan fingerprint density at radius 1 is 0.583 bits per heavy atom. The number of hydrogen-bond acceptors (Lipinski definition) is 14. The number of hydrogen-bond donors (Lipinski definition) is 0. The van der Waals surface area contributed by atoms with Gasteiger partial charge in [0.1, 0.15) is 23.1 Å². The Morgan fingerprint density at radius 3 is 1.30 bits per heavy atom. The molecule has 12 rings (SSSR count). The van der Waals surface area contributed by atoms with E-state index < -0.39 is 106 Å². The van der Waals surface area contributed by atoms with Crippen molar-refractivity contribution < 1.29 is 60.9 Å². The second-order valence-corrected chi connectivity index (χ2v) is 25.4. The maximum atomic E-state index is 15.6. The van der Waals surface area contributed by atoms with Crippen molar-refractivity contribution in [3.8, 4) is 34.0 Å². The van der Waals surface area contributed by atoms with Gasteiger partial charge >= 0.3 is 0 Å². The first kappa shape index (κ1) is 50.5. The smallest absolute Gasteiger partial charge is 0.248 e. The molecule has 2 aromatic carbocycles. The molecule has 18 nitrogen and oxygen atoms in total. The molecule has 2 fully saturated rings. The molecule has 26 heteroatoms. The lowest BCUT2D eigenvalue weighted by Crippen LogP contribution is -2.31. The van der Waals surface area contributed by atoms with Crippen LogP contribution in [0.1, 0.15) is 94.5 Å². The van der Waals surface area contributed by atoms with Gasteiger partial charge < -0.3 is 18.6 Å². The number of rotatable bonds is 12. The third kappa shape index (κ3) is 10.5. The third-order valence-electron chi connectivity index (χ3n) is 16.0. The monoisotopic (exact) mass is 1200 g/mol. The molecule has 2 aliphatic rings. The van der Waals surface area contributed by atoms with Crippen LogP contribution in [0, 0.1) is 37.2 Å². The van der Waals surface area contributed by atoms with Crippen molar-refractivity contribution in [2.24, 2.45) is 25.9 Å². The van der Waals surface area contributed by atoms with Gasteiger partial charge in [-0.1, -0.05) is 10.4 Å². The molecule has 0 radical (unpaired) electrons. The fourth-order valence-corrected chi connectivity index (χ4v) is 13.3. The fraction of sp³-hybridized carbons (Fsp3) is 0.379. The number of sulfone groups is 2. The van der Waals surface area contributed by atoms with E-state index in [1.807, 2.05) is 0 Å². The molecule has 8 aromatic heterocycles. The first-order valence-corrected chi connectivity index (χ1v) is 30.2. The second kappa shape index (κ2) is 21.6. The lowest BCUT2D eigenvalue weighted by atomic mass is 9.80. The third-order valence-corrected chi connectivity index (χ3v) is 18.1. The maximum Gasteiger partial charge on any atom is 0.248 e. The van der Waals surface area contributed by atoms with Gasteiger partial charge in [-0.2, -0.15) is 0 Å². The summed E-state index contributed by atoms with van der Waals surface area (Å²) < 4.78 is 205. The van der Waals surface area contributed by atoms with Gasteiger partial charge in [-0.15, -0.1) is 10.2 Å². The zero-order valence-electron chi connectivity index (χ0n) is 51.9. The zero-order chi connectivity index (χ0) is 64.9. The largest absolute Gasteiger partial charge is 0.496 e. The Bertz CT molecular complexity index is 4400. The summed E-state index contributed by atoms with van der Waals surface area (Å²) in [7, 11) is -1.73. The van der Waals surface area contributed by atoms with Gasteiger partial charge in [0.2, 0.25) is 11.8 Å². The van der Waals surface area contributed by atoms with Crippen LogP contribution in [-0.2, 0) is 33.8 Å². The standard InChI is InChI=1S/2C29H29F3N6O3S/c2*1-16-27(37(2)36-35-16)18-12-22-26(34-15-18)24-21(13-19(42(4,39)40)14-23(24)41-3)38(22)28(25-20(30)6-5-11-33-25)17-7-9-29(31,32)10-8-17/h2*5-6,11-15,17,28H,7-10H2,1-4H3/i2*1D3. The number of fused-ring (bicyclic) bond motifs is 6. The predicted octanol–water partition coefficient (Wildman–Crippen LogP) is 11.3. The number of aryl methyl sites for hydroxylation is 4.